The van der Waals surface area contributed by atoms with Gasteiger partial charge in [0.2, 0.25) is 5.88 Å². The van der Waals surface area contributed by atoms with Crippen LogP contribution < -0.4 is 10.5 Å². The maximum absolute atomic E-state index is 13.1. The van der Waals surface area contributed by atoms with Crippen molar-refractivity contribution in [3.63, 3.8) is 0 Å². The average molecular weight is 312 g/mol. The second-order valence-corrected chi connectivity index (χ2v) is 4.43. The Kier molecular flexibility index (Phi) is 3.76. The van der Waals surface area contributed by atoms with E-state index in [1.807, 2.05) is 6.92 Å². The Bertz CT molecular complexity index is 577. The third-order valence-electron chi connectivity index (χ3n) is 2.20. The first-order valence-corrected chi connectivity index (χ1v) is 6.14. The van der Waals surface area contributed by atoms with Gasteiger partial charge in [0.05, 0.1) is 4.47 Å². The number of benzene rings is 1. The van der Waals surface area contributed by atoms with Crippen LogP contribution in [0.25, 0.3) is 0 Å². The summed E-state index contributed by atoms with van der Waals surface area (Å²) >= 11 is 3.09. The summed E-state index contributed by atoms with van der Waals surface area (Å²) in [7, 11) is 0. The molecule has 0 atom stereocenters. The Morgan fingerprint density at radius 3 is 2.78 bits per heavy atom. The molecule has 1 heterocycles. The Morgan fingerprint density at radius 2 is 2.11 bits per heavy atom. The minimum absolute atomic E-state index is 0.331. The van der Waals surface area contributed by atoms with Gasteiger partial charge in [0, 0.05) is 12.5 Å². The van der Waals surface area contributed by atoms with Crippen LogP contribution in [0.3, 0.4) is 0 Å². The van der Waals surface area contributed by atoms with Crippen LogP contribution >= 0.6 is 15.9 Å². The molecule has 2 aromatic rings. The van der Waals surface area contributed by atoms with Gasteiger partial charge in [-0.25, -0.2) is 9.37 Å². The lowest BCUT2D eigenvalue weighted by molar-refractivity contribution is 0.457. The molecule has 1 aromatic heterocycles. The Morgan fingerprint density at radius 1 is 1.33 bits per heavy atom. The van der Waals surface area contributed by atoms with E-state index in [0.717, 1.165) is 0 Å². The molecule has 0 spiro atoms. The van der Waals surface area contributed by atoms with Crippen LogP contribution in [0.5, 0.6) is 11.6 Å². The van der Waals surface area contributed by atoms with E-state index in [4.69, 9.17) is 10.5 Å². The molecule has 0 saturated carbocycles. The first kappa shape index (κ1) is 12.8. The van der Waals surface area contributed by atoms with Crippen molar-refractivity contribution in [1.29, 1.82) is 0 Å². The number of rotatable bonds is 3. The number of nitrogens with two attached hydrogens (primary N) is 1. The first-order chi connectivity index (χ1) is 8.58. The Hall–Kier alpha value is -1.69. The number of anilines is 1. The van der Waals surface area contributed by atoms with Crippen molar-refractivity contribution in [3.8, 4) is 11.6 Å². The molecule has 2 rings (SSSR count). The van der Waals surface area contributed by atoms with Crippen LogP contribution in [0, 0.1) is 5.82 Å². The number of hydrogen-bond acceptors (Lipinski definition) is 4. The van der Waals surface area contributed by atoms with Gasteiger partial charge in [-0.1, -0.05) is 6.92 Å². The molecule has 0 fully saturated rings. The van der Waals surface area contributed by atoms with Crippen molar-refractivity contribution in [2.75, 3.05) is 5.73 Å². The van der Waals surface area contributed by atoms with Gasteiger partial charge in [0.1, 0.15) is 23.2 Å². The molecule has 0 saturated heterocycles. The maximum Gasteiger partial charge on any atom is 0.224 e. The van der Waals surface area contributed by atoms with Crippen molar-refractivity contribution < 1.29 is 9.13 Å². The van der Waals surface area contributed by atoms with E-state index in [1.165, 1.54) is 24.3 Å². The standard InChI is InChI=1S/C12H11BrFN3O/c1-2-11-16-10(15)6-12(17-11)18-7-3-4-9(14)8(13)5-7/h3-6H,2H2,1H3,(H2,15,16,17). The zero-order chi connectivity index (χ0) is 13.1. The molecule has 6 heteroatoms. The van der Waals surface area contributed by atoms with Crippen molar-refractivity contribution >= 4 is 21.7 Å². The van der Waals surface area contributed by atoms with Crippen LogP contribution in [0.2, 0.25) is 0 Å². The fraction of sp³-hybridized carbons (Fsp3) is 0.167. The normalized spacial score (nSPS) is 10.4. The van der Waals surface area contributed by atoms with E-state index in [0.29, 0.717) is 34.2 Å². The van der Waals surface area contributed by atoms with Crippen molar-refractivity contribution in [3.05, 3.63) is 40.4 Å². The van der Waals surface area contributed by atoms with E-state index in [9.17, 15) is 4.39 Å². The summed E-state index contributed by atoms with van der Waals surface area (Å²) in [4.78, 5) is 8.22. The minimum atomic E-state index is -0.348. The highest BCUT2D eigenvalue weighted by Crippen LogP contribution is 2.26. The SMILES string of the molecule is CCc1nc(N)cc(Oc2ccc(F)c(Br)c2)n1. The van der Waals surface area contributed by atoms with Gasteiger partial charge in [-0.05, 0) is 34.1 Å². The highest BCUT2D eigenvalue weighted by Gasteiger charge is 2.06. The molecule has 0 bridgehead atoms. The summed E-state index contributed by atoms with van der Waals surface area (Å²) in [6.07, 6.45) is 0.661. The second-order valence-electron chi connectivity index (χ2n) is 3.58. The third-order valence-corrected chi connectivity index (χ3v) is 2.81. The molecular formula is C12H11BrFN3O. The maximum atomic E-state index is 13.1. The molecule has 18 heavy (non-hydrogen) atoms. The molecule has 0 aliphatic carbocycles. The summed E-state index contributed by atoms with van der Waals surface area (Å²) < 4.78 is 18.9. The first-order valence-electron chi connectivity index (χ1n) is 5.35. The zero-order valence-electron chi connectivity index (χ0n) is 9.65. The lowest BCUT2D eigenvalue weighted by Crippen LogP contribution is -2.00. The number of halogens is 2. The number of nitrogens with zero attached hydrogens (tertiary/aromatic N) is 2. The van der Waals surface area contributed by atoms with Crippen molar-refractivity contribution in [2.45, 2.75) is 13.3 Å². The topological polar surface area (TPSA) is 61.0 Å². The molecule has 0 unspecified atom stereocenters. The fourth-order valence-corrected chi connectivity index (χ4v) is 1.72. The van der Waals surface area contributed by atoms with E-state index in [2.05, 4.69) is 25.9 Å². The predicted molar refractivity (Wildman–Crippen MR) is 70.0 cm³/mol. The molecule has 4 nitrogen and oxygen atoms in total. The van der Waals surface area contributed by atoms with Crippen molar-refractivity contribution in [2.24, 2.45) is 0 Å². The summed E-state index contributed by atoms with van der Waals surface area (Å²) in [6.45, 7) is 1.92. The largest absolute Gasteiger partial charge is 0.439 e. The van der Waals surface area contributed by atoms with E-state index in [1.54, 1.807) is 0 Å². The Labute approximate surface area is 112 Å². The van der Waals surface area contributed by atoms with E-state index in [-0.39, 0.29) is 5.82 Å². The van der Waals surface area contributed by atoms with Crippen LogP contribution in [-0.4, -0.2) is 9.97 Å². The van der Waals surface area contributed by atoms with E-state index >= 15 is 0 Å². The fourth-order valence-electron chi connectivity index (χ4n) is 1.36. The third kappa shape index (κ3) is 2.95. The van der Waals surface area contributed by atoms with Crippen molar-refractivity contribution in [1.82, 2.24) is 9.97 Å². The molecule has 0 radical (unpaired) electrons. The van der Waals surface area contributed by atoms with Crippen LogP contribution in [0.4, 0.5) is 10.2 Å². The average Bonchev–Trinajstić information content (AvgIpc) is 2.33. The molecule has 1 aromatic carbocycles. The Balaban J connectivity index is 2.27. The smallest absolute Gasteiger partial charge is 0.224 e. The van der Waals surface area contributed by atoms with Gasteiger partial charge in [-0.2, -0.15) is 4.98 Å². The van der Waals surface area contributed by atoms with Crippen LogP contribution in [0.15, 0.2) is 28.7 Å². The van der Waals surface area contributed by atoms with Crippen LogP contribution in [-0.2, 0) is 6.42 Å². The number of hydrogen-bond donors (Lipinski definition) is 1. The highest BCUT2D eigenvalue weighted by atomic mass is 79.9. The quantitative estimate of drug-likeness (QED) is 0.944. The van der Waals surface area contributed by atoms with Gasteiger partial charge in [0.25, 0.3) is 0 Å². The summed E-state index contributed by atoms with van der Waals surface area (Å²) in [5, 5.41) is 0. The number of aryl methyl sites for hydroxylation is 1. The monoisotopic (exact) mass is 311 g/mol. The minimum Gasteiger partial charge on any atom is -0.439 e. The molecule has 0 aliphatic heterocycles. The molecule has 2 N–H and O–H groups in total. The number of nitrogen functional groups attached to an aromatic ring is 1. The molecule has 94 valence electrons. The summed E-state index contributed by atoms with van der Waals surface area (Å²) in [6, 6.07) is 5.88. The molecular weight excluding hydrogens is 301 g/mol. The predicted octanol–water partition coefficient (Wildman–Crippen LogP) is 3.32. The van der Waals surface area contributed by atoms with E-state index < -0.39 is 0 Å². The lowest BCUT2D eigenvalue weighted by Gasteiger charge is -2.07. The molecule has 0 aliphatic rings. The summed E-state index contributed by atoms with van der Waals surface area (Å²) in [5.41, 5.74) is 5.64. The highest BCUT2D eigenvalue weighted by molar-refractivity contribution is 9.10. The lowest BCUT2D eigenvalue weighted by atomic mass is 10.3. The van der Waals surface area contributed by atoms with Crippen LogP contribution in [0.1, 0.15) is 12.7 Å². The summed E-state index contributed by atoms with van der Waals surface area (Å²) in [5.74, 6) is 1.42. The zero-order valence-corrected chi connectivity index (χ0v) is 11.2. The van der Waals surface area contributed by atoms with Gasteiger partial charge in [-0.15, -0.1) is 0 Å². The van der Waals surface area contributed by atoms with Gasteiger partial charge >= 0.3 is 0 Å². The van der Waals surface area contributed by atoms with Gasteiger partial charge < -0.3 is 10.5 Å². The number of ether oxygens (including phenoxy) is 1. The van der Waals surface area contributed by atoms with Gasteiger partial charge in [-0.3, -0.25) is 0 Å². The number of aromatic nitrogens is 2. The molecule has 0 amide bonds. The second kappa shape index (κ2) is 5.30. The van der Waals surface area contributed by atoms with Gasteiger partial charge in [0.15, 0.2) is 0 Å².